The molecule has 0 fully saturated rings. The van der Waals surface area contributed by atoms with Crippen molar-refractivity contribution < 1.29 is 9.66 Å². The Balaban J connectivity index is 2.01. The Bertz CT molecular complexity index is 814. The summed E-state index contributed by atoms with van der Waals surface area (Å²) in [5.41, 5.74) is 1.06. The molecule has 0 aliphatic heterocycles. The Morgan fingerprint density at radius 1 is 1.19 bits per heavy atom. The number of para-hydroxylation sites is 1. The highest BCUT2D eigenvalue weighted by Gasteiger charge is 2.15. The van der Waals surface area contributed by atoms with E-state index in [4.69, 9.17) is 4.74 Å². The summed E-state index contributed by atoms with van der Waals surface area (Å²) in [6.45, 7) is 0. The molecule has 0 aliphatic rings. The van der Waals surface area contributed by atoms with Crippen molar-refractivity contribution in [1.29, 1.82) is 0 Å². The number of aromatic nitrogens is 1. The van der Waals surface area contributed by atoms with Crippen LogP contribution < -0.4 is 4.74 Å². The number of fused-ring (bicyclic) bond motifs is 1. The lowest BCUT2D eigenvalue weighted by Gasteiger charge is -2.02. The molecule has 21 heavy (non-hydrogen) atoms. The fraction of sp³-hybridized carbons (Fsp3) is 0.0667. The van der Waals surface area contributed by atoms with Gasteiger partial charge in [0.25, 0.3) is 5.69 Å². The molecular weight excluding hydrogens is 288 g/mol. The number of methoxy groups -OCH3 is 1. The fourth-order valence-electron chi connectivity index (χ4n) is 2.10. The molecule has 0 bridgehead atoms. The molecule has 0 amide bonds. The van der Waals surface area contributed by atoms with Crippen LogP contribution in [-0.4, -0.2) is 17.0 Å². The van der Waals surface area contributed by atoms with Gasteiger partial charge >= 0.3 is 0 Å². The second-order valence-electron chi connectivity index (χ2n) is 4.39. The van der Waals surface area contributed by atoms with Crippen molar-refractivity contribution in [2.45, 2.75) is 9.79 Å². The van der Waals surface area contributed by atoms with Crippen molar-refractivity contribution in [3.05, 3.63) is 58.8 Å². The van der Waals surface area contributed by atoms with Gasteiger partial charge in [0, 0.05) is 28.6 Å². The van der Waals surface area contributed by atoms with Crippen LogP contribution in [0.2, 0.25) is 0 Å². The van der Waals surface area contributed by atoms with Crippen LogP contribution in [0.4, 0.5) is 5.69 Å². The van der Waals surface area contributed by atoms with E-state index in [1.54, 1.807) is 25.3 Å². The standard InChI is InChI=1S/C15H12N2O3S/c1-20-10-6-7-11-12(8-10)16-9-15(11)21-14-5-3-2-4-13(14)17(18)19/h2-9,16H,1H3. The van der Waals surface area contributed by atoms with Gasteiger partial charge < -0.3 is 9.72 Å². The van der Waals surface area contributed by atoms with Crippen LogP contribution in [0.25, 0.3) is 10.9 Å². The highest BCUT2D eigenvalue weighted by atomic mass is 32.2. The third kappa shape index (κ3) is 2.57. The van der Waals surface area contributed by atoms with Crippen molar-refractivity contribution in [1.82, 2.24) is 4.98 Å². The van der Waals surface area contributed by atoms with E-state index in [2.05, 4.69) is 4.98 Å². The summed E-state index contributed by atoms with van der Waals surface area (Å²) in [4.78, 5) is 15.4. The van der Waals surface area contributed by atoms with Crippen LogP contribution in [0.5, 0.6) is 5.75 Å². The molecule has 0 radical (unpaired) electrons. The number of benzene rings is 2. The minimum absolute atomic E-state index is 0.116. The Kier molecular flexibility index (Phi) is 3.53. The zero-order chi connectivity index (χ0) is 14.8. The second-order valence-corrected chi connectivity index (χ2v) is 5.48. The van der Waals surface area contributed by atoms with Crippen LogP contribution in [0.15, 0.2) is 58.5 Å². The smallest absolute Gasteiger partial charge is 0.283 e. The van der Waals surface area contributed by atoms with Gasteiger partial charge in [-0.25, -0.2) is 0 Å². The zero-order valence-corrected chi connectivity index (χ0v) is 12.0. The number of nitro benzene ring substituents is 1. The van der Waals surface area contributed by atoms with Crippen molar-refractivity contribution >= 4 is 28.4 Å². The zero-order valence-electron chi connectivity index (χ0n) is 11.2. The van der Waals surface area contributed by atoms with Crippen molar-refractivity contribution in [3.63, 3.8) is 0 Å². The first-order valence-corrected chi connectivity index (χ1v) is 7.07. The van der Waals surface area contributed by atoms with E-state index in [9.17, 15) is 10.1 Å². The number of rotatable bonds is 4. The third-order valence-electron chi connectivity index (χ3n) is 3.13. The second kappa shape index (κ2) is 5.49. The molecule has 1 heterocycles. The molecule has 3 aromatic rings. The third-order valence-corrected chi connectivity index (χ3v) is 4.26. The van der Waals surface area contributed by atoms with Crippen LogP contribution >= 0.6 is 11.8 Å². The first-order chi connectivity index (χ1) is 10.2. The molecule has 0 saturated heterocycles. The van der Waals surface area contributed by atoms with E-state index in [1.165, 1.54) is 17.8 Å². The van der Waals surface area contributed by atoms with Crippen molar-refractivity contribution in [3.8, 4) is 5.75 Å². The topological polar surface area (TPSA) is 68.2 Å². The van der Waals surface area contributed by atoms with Crippen molar-refractivity contribution in [2.75, 3.05) is 7.11 Å². The molecule has 0 saturated carbocycles. The van der Waals surface area contributed by atoms with Crippen molar-refractivity contribution in [2.24, 2.45) is 0 Å². The normalized spacial score (nSPS) is 10.7. The minimum Gasteiger partial charge on any atom is -0.497 e. The number of nitrogens with zero attached hydrogens (tertiary/aromatic N) is 1. The fourth-order valence-corrected chi connectivity index (χ4v) is 3.14. The van der Waals surface area contributed by atoms with Gasteiger partial charge in [-0.2, -0.15) is 0 Å². The highest BCUT2D eigenvalue weighted by Crippen LogP contribution is 2.38. The van der Waals surface area contributed by atoms with Gasteiger partial charge in [-0.15, -0.1) is 0 Å². The summed E-state index contributed by atoms with van der Waals surface area (Å²) >= 11 is 1.38. The molecular formula is C15H12N2O3S. The first kappa shape index (κ1) is 13.5. The Labute approximate surface area is 125 Å². The van der Waals surface area contributed by atoms with E-state index in [1.807, 2.05) is 24.4 Å². The maximum absolute atomic E-state index is 11.1. The maximum Gasteiger partial charge on any atom is 0.283 e. The van der Waals surface area contributed by atoms with Gasteiger partial charge in [0.1, 0.15) is 5.75 Å². The number of nitro groups is 1. The van der Waals surface area contributed by atoms with Crippen LogP contribution in [0, 0.1) is 10.1 Å². The lowest BCUT2D eigenvalue weighted by molar-refractivity contribution is -0.387. The number of hydrogen-bond donors (Lipinski definition) is 1. The van der Waals surface area contributed by atoms with E-state index >= 15 is 0 Å². The molecule has 0 unspecified atom stereocenters. The van der Waals surface area contributed by atoms with E-state index in [0.717, 1.165) is 21.5 Å². The molecule has 2 aromatic carbocycles. The summed E-state index contributed by atoms with van der Waals surface area (Å²) in [7, 11) is 1.62. The monoisotopic (exact) mass is 300 g/mol. The largest absolute Gasteiger partial charge is 0.497 e. The molecule has 106 valence electrons. The number of aromatic amines is 1. The van der Waals surface area contributed by atoms with Crippen LogP contribution in [0.1, 0.15) is 0 Å². The molecule has 5 nitrogen and oxygen atoms in total. The molecule has 0 aliphatic carbocycles. The van der Waals surface area contributed by atoms with Crippen LogP contribution in [-0.2, 0) is 0 Å². The number of nitrogens with one attached hydrogen (secondary N) is 1. The average molecular weight is 300 g/mol. The van der Waals surface area contributed by atoms with Gasteiger partial charge in [-0.1, -0.05) is 23.9 Å². The Morgan fingerprint density at radius 3 is 2.76 bits per heavy atom. The predicted molar refractivity (Wildman–Crippen MR) is 82.1 cm³/mol. The molecule has 6 heteroatoms. The average Bonchev–Trinajstić information content (AvgIpc) is 2.90. The lowest BCUT2D eigenvalue weighted by atomic mass is 10.2. The molecule has 1 N–H and O–H groups in total. The van der Waals surface area contributed by atoms with E-state index in [0.29, 0.717) is 4.90 Å². The van der Waals surface area contributed by atoms with Gasteiger partial charge in [-0.05, 0) is 18.2 Å². The Morgan fingerprint density at radius 2 is 2.00 bits per heavy atom. The van der Waals surface area contributed by atoms with Gasteiger partial charge in [0.15, 0.2) is 0 Å². The maximum atomic E-state index is 11.1. The molecule has 0 spiro atoms. The molecule has 1 aromatic heterocycles. The summed E-state index contributed by atoms with van der Waals surface area (Å²) < 4.78 is 5.18. The first-order valence-electron chi connectivity index (χ1n) is 6.25. The van der Waals surface area contributed by atoms with Gasteiger partial charge in [0.05, 0.1) is 22.4 Å². The van der Waals surface area contributed by atoms with E-state index < -0.39 is 0 Å². The highest BCUT2D eigenvalue weighted by molar-refractivity contribution is 7.99. The van der Waals surface area contributed by atoms with Crippen LogP contribution in [0.3, 0.4) is 0 Å². The lowest BCUT2D eigenvalue weighted by Crippen LogP contribution is -1.89. The predicted octanol–water partition coefficient (Wildman–Crippen LogP) is 4.24. The quantitative estimate of drug-likeness (QED) is 0.578. The SMILES string of the molecule is COc1ccc2c(Sc3ccccc3[N+](=O)[O-])c[nH]c2c1. The van der Waals surface area contributed by atoms with E-state index in [-0.39, 0.29) is 10.6 Å². The summed E-state index contributed by atoms with van der Waals surface area (Å²) in [5.74, 6) is 0.770. The summed E-state index contributed by atoms with van der Waals surface area (Å²) in [6.07, 6.45) is 1.85. The molecule has 3 rings (SSSR count). The van der Waals surface area contributed by atoms with Gasteiger partial charge in [-0.3, -0.25) is 10.1 Å². The number of H-pyrrole nitrogens is 1. The minimum atomic E-state index is -0.361. The number of ether oxygens (including phenoxy) is 1. The van der Waals surface area contributed by atoms with Gasteiger partial charge in [0.2, 0.25) is 0 Å². The number of hydrogen-bond acceptors (Lipinski definition) is 4. The summed E-state index contributed by atoms with van der Waals surface area (Å²) in [5, 5.41) is 12.1. The summed E-state index contributed by atoms with van der Waals surface area (Å²) in [6, 6.07) is 12.5. The Hall–Kier alpha value is -2.47. The molecule has 0 atom stereocenters.